The Labute approximate surface area is 362 Å². The number of carbonyl (C=O) groups is 2. The van der Waals surface area contributed by atoms with Gasteiger partial charge >= 0.3 is 11.9 Å². The number of hydrogen-bond donors (Lipinski definition) is 1. The second-order valence-corrected chi connectivity index (χ2v) is 17.6. The van der Waals surface area contributed by atoms with Crippen molar-refractivity contribution < 1.29 is 19.1 Å². The molecule has 0 saturated heterocycles. The third kappa shape index (κ3) is 29.5. The summed E-state index contributed by atoms with van der Waals surface area (Å²) in [5.74, 6) is -0.0532. The van der Waals surface area contributed by atoms with E-state index in [0.29, 0.717) is 37.4 Å². The molecular weight excluding hydrogens is 739 g/mol. The van der Waals surface area contributed by atoms with Crippen LogP contribution in [0.4, 0.5) is 11.4 Å². The van der Waals surface area contributed by atoms with Crippen LogP contribution in [0.15, 0.2) is 9.59 Å². The van der Waals surface area contributed by atoms with Crippen LogP contribution in [-0.4, -0.2) is 69.8 Å². The minimum absolute atomic E-state index is 0.00510. The zero-order chi connectivity index (χ0) is 43.2. The van der Waals surface area contributed by atoms with Gasteiger partial charge in [0.05, 0.1) is 6.61 Å². The smallest absolute Gasteiger partial charge is 0.306 e. The molecule has 9 heteroatoms. The molecule has 0 heterocycles. The Hall–Kier alpha value is -2.42. The van der Waals surface area contributed by atoms with Gasteiger partial charge in [-0.1, -0.05) is 156 Å². The first-order valence-corrected chi connectivity index (χ1v) is 25.1. The second-order valence-electron chi connectivity index (χ2n) is 17.6. The molecule has 0 aliphatic rings. The number of esters is 2. The fourth-order valence-electron chi connectivity index (χ4n) is 8.04. The maximum absolute atomic E-state index is 12.8. The van der Waals surface area contributed by atoms with Crippen molar-refractivity contribution in [2.75, 3.05) is 57.1 Å². The number of nitrogens with zero attached hydrogens (tertiary/aromatic N) is 2. The molecule has 0 radical (unpaired) electrons. The van der Waals surface area contributed by atoms with Crippen LogP contribution in [-0.2, 0) is 19.1 Å². The van der Waals surface area contributed by atoms with Gasteiger partial charge in [0.1, 0.15) is 17.5 Å². The predicted molar refractivity (Wildman–Crippen MR) is 251 cm³/mol. The van der Waals surface area contributed by atoms with Crippen LogP contribution in [0.1, 0.15) is 233 Å². The number of unbranched alkanes of at least 4 members (excludes halogenated alkanes) is 23. The third-order valence-corrected chi connectivity index (χ3v) is 11.8. The summed E-state index contributed by atoms with van der Waals surface area (Å²) in [6.45, 7) is 11.0. The predicted octanol–water partition coefficient (Wildman–Crippen LogP) is 12.5. The number of hydrogen-bond acceptors (Lipinski definition) is 9. The van der Waals surface area contributed by atoms with E-state index in [4.69, 9.17) is 9.47 Å². The van der Waals surface area contributed by atoms with Crippen molar-refractivity contribution in [2.24, 2.45) is 0 Å². The van der Waals surface area contributed by atoms with Crippen molar-refractivity contribution >= 4 is 23.3 Å². The number of nitrogens with one attached hydrogen (secondary N) is 1. The van der Waals surface area contributed by atoms with Gasteiger partial charge in [-0.3, -0.25) is 19.2 Å². The van der Waals surface area contributed by atoms with E-state index in [0.717, 1.165) is 129 Å². The van der Waals surface area contributed by atoms with E-state index in [-0.39, 0.29) is 18.0 Å². The molecule has 1 atom stereocenters. The summed E-state index contributed by atoms with van der Waals surface area (Å²) in [7, 11) is 3.59. The van der Waals surface area contributed by atoms with Crippen LogP contribution in [0, 0.1) is 0 Å². The maximum Gasteiger partial charge on any atom is 0.306 e. The number of anilines is 2. The fraction of sp³-hybridized carbons (Fsp3) is 0.880. The normalized spacial score (nSPS) is 12.0. The van der Waals surface area contributed by atoms with Crippen molar-refractivity contribution in [2.45, 2.75) is 239 Å². The molecule has 0 aliphatic carbocycles. The summed E-state index contributed by atoms with van der Waals surface area (Å²) in [5, 5.41) is 3.23. The molecular formula is C50H93N3O6. The minimum atomic E-state index is -0.411. The molecule has 0 aromatic heterocycles. The summed E-state index contributed by atoms with van der Waals surface area (Å²) in [6, 6.07) is 0. The highest BCUT2D eigenvalue weighted by Gasteiger charge is 2.22. The van der Waals surface area contributed by atoms with E-state index in [1.54, 1.807) is 19.0 Å². The average Bonchev–Trinajstić information content (AvgIpc) is 3.22. The molecule has 0 aliphatic heterocycles. The molecule has 1 rings (SSSR count). The van der Waals surface area contributed by atoms with E-state index < -0.39 is 10.9 Å². The van der Waals surface area contributed by atoms with Gasteiger partial charge in [0.2, 0.25) is 0 Å². The SMILES string of the molecule is CCCCCCCCCOC(=O)CCCCCCCN(CCCCCCCC(=O)OC(CCCCCCC)CCCCCCCC)CCCNc1c(N(C)C)c(=O)c1=O. The number of ether oxygens (including phenoxy) is 2. The molecule has 0 bridgehead atoms. The van der Waals surface area contributed by atoms with Crippen LogP contribution < -0.4 is 21.1 Å². The van der Waals surface area contributed by atoms with Crippen LogP contribution in [0.25, 0.3) is 0 Å². The lowest BCUT2D eigenvalue weighted by molar-refractivity contribution is -0.150. The quantitative estimate of drug-likeness (QED) is 0.0391. The molecule has 1 aromatic rings. The van der Waals surface area contributed by atoms with Crippen LogP contribution in [0.2, 0.25) is 0 Å². The van der Waals surface area contributed by atoms with Crippen molar-refractivity contribution in [3.05, 3.63) is 20.4 Å². The van der Waals surface area contributed by atoms with Gasteiger partial charge < -0.3 is 24.6 Å². The van der Waals surface area contributed by atoms with E-state index in [1.165, 1.54) is 89.9 Å². The molecule has 1 aromatic carbocycles. The lowest BCUT2D eigenvalue weighted by Crippen LogP contribution is -2.40. The van der Waals surface area contributed by atoms with E-state index >= 15 is 0 Å². The van der Waals surface area contributed by atoms with Crippen LogP contribution >= 0.6 is 0 Å². The summed E-state index contributed by atoms with van der Waals surface area (Å²) >= 11 is 0. The second kappa shape index (κ2) is 38.5. The summed E-state index contributed by atoms with van der Waals surface area (Å²) in [4.78, 5) is 53.3. The van der Waals surface area contributed by atoms with Gasteiger partial charge in [0, 0.05) is 33.5 Å². The van der Waals surface area contributed by atoms with Gasteiger partial charge in [-0.2, -0.15) is 0 Å². The first kappa shape index (κ1) is 54.6. The molecule has 0 saturated carbocycles. The monoisotopic (exact) mass is 832 g/mol. The molecule has 0 spiro atoms. The van der Waals surface area contributed by atoms with Crippen molar-refractivity contribution in [3.63, 3.8) is 0 Å². The molecule has 59 heavy (non-hydrogen) atoms. The van der Waals surface area contributed by atoms with E-state index in [2.05, 4.69) is 31.0 Å². The van der Waals surface area contributed by atoms with Gasteiger partial charge in [-0.05, 0) is 83.8 Å². The van der Waals surface area contributed by atoms with Gasteiger partial charge in [0.15, 0.2) is 0 Å². The lowest BCUT2D eigenvalue weighted by Gasteiger charge is -2.23. The Morgan fingerprint density at radius 2 is 0.932 bits per heavy atom. The zero-order valence-electron chi connectivity index (χ0n) is 39.3. The highest BCUT2D eigenvalue weighted by atomic mass is 16.5. The van der Waals surface area contributed by atoms with Crippen molar-refractivity contribution in [1.82, 2.24) is 4.90 Å². The number of rotatable bonds is 44. The molecule has 0 fully saturated rings. The first-order chi connectivity index (χ1) is 28.7. The highest BCUT2D eigenvalue weighted by molar-refractivity contribution is 5.74. The Balaban J connectivity index is 2.38. The summed E-state index contributed by atoms with van der Waals surface area (Å²) in [5.41, 5.74) is 0.114. The third-order valence-electron chi connectivity index (χ3n) is 11.8. The molecule has 9 nitrogen and oxygen atoms in total. The Kier molecular flexibility index (Phi) is 35.6. The average molecular weight is 832 g/mol. The van der Waals surface area contributed by atoms with E-state index in [9.17, 15) is 19.2 Å². The van der Waals surface area contributed by atoms with Crippen molar-refractivity contribution in [3.8, 4) is 0 Å². The largest absolute Gasteiger partial charge is 0.466 e. The van der Waals surface area contributed by atoms with Gasteiger partial charge in [-0.15, -0.1) is 0 Å². The summed E-state index contributed by atoms with van der Waals surface area (Å²) < 4.78 is 11.5. The van der Waals surface area contributed by atoms with Gasteiger partial charge in [0.25, 0.3) is 10.9 Å². The Morgan fingerprint density at radius 3 is 1.44 bits per heavy atom. The molecule has 1 N–H and O–H groups in total. The lowest BCUT2D eigenvalue weighted by atomic mass is 10.0. The Bertz CT molecular complexity index is 1210. The highest BCUT2D eigenvalue weighted by Crippen LogP contribution is 2.19. The fourth-order valence-corrected chi connectivity index (χ4v) is 8.04. The Morgan fingerprint density at radius 1 is 0.508 bits per heavy atom. The number of carbonyl (C=O) groups excluding carboxylic acids is 2. The molecule has 0 amide bonds. The van der Waals surface area contributed by atoms with Crippen molar-refractivity contribution in [1.29, 1.82) is 0 Å². The maximum atomic E-state index is 12.8. The summed E-state index contributed by atoms with van der Waals surface area (Å²) in [6.07, 6.45) is 37.2. The topological polar surface area (TPSA) is 105 Å². The van der Waals surface area contributed by atoms with Gasteiger partial charge in [-0.25, -0.2) is 0 Å². The minimum Gasteiger partial charge on any atom is -0.466 e. The molecule has 1 unspecified atom stereocenters. The van der Waals surface area contributed by atoms with E-state index in [1.807, 2.05) is 0 Å². The van der Waals surface area contributed by atoms with Crippen LogP contribution in [0.5, 0.6) is 0 Å². The molecule has 344 valence electrons. The van der Waals surface area contributed by atoms with Crippen LogP contribution in [0.3, 0.4) is 0 Å². The first-order valence-electron chi connectivity index (χ1n) is 25.1. The standard InChI is InChI=1S/C50H93N3O6/c1-6-9-12-15-17-26-33-43-58-45(54)37-29-22-18-24-31-40-53(42-34-39-51-47-48(52(4)5)50(57)49(47)56)41-32-25-19-23-30-38-46(55)59-44(35-27-20-14-11-8-3)36-28-21-16-13-10-7-2/h44,51H,6-43H2,1-5H3. The zero-order valence-corrected chi connectivity index (χ0v) is 39.3.